The topological polar surface area (TPSA) is 62.7 Å². The molecular weight excluding hydrogens is 632 g/mol. The normalized spacial score (nSPS) is 20.8. The highest BCUT2D eigenvalue weighted by atomic mass is 35.5. The lowest BCUT2D eigenvalue weighted by molar-refractivity contribution is -0.160. The molecule has 2 amide bonds. The Morgan fingerprint density at radius 3 is 2.55 bits per heavy atom. The van der Waals surface area contributed by atoms with Gasteiger partial charge in [-0.2, -0.15) is 26.3 Å². The first-order chi connectivity index (χ1) is 20.7. The van der Waals surface area contributed by atoms with Gasteiger partial charge in [0, 0.05) is 48.7 Å². The number of thiophene rings is 1. The Balaban J connectivity index is 1.59. The summed E-state index contributed by atoms with van der Waals surface area (Å²) >= 11 is 6.60. The molecule has 5 rings (SSSR count). The van der Waals surface area contributed by atoms with E-state index in [1.165, 1.54) is 9.80 Å². The fraction of sp³-hybridized carbons (Fsp3) is 0.433. The van der Waals surface area contributed by atoms with Gasteiger partial charge in [-0.3, -0.25) is 14.6 Å². The number of hydrogen-bond acceptors (Lipinski definition) is 5. The molecule has 0 saturated carbocycles. The number of carbonyl (C=O) groups excluding carboxylic acids is 2. The Bertz CT molecular complexity index is 1540. The minimum Gasteiger partial charge on any atom is -0.474 e. The summed E-state index contributed by atoms with van der Waals surface area (Å²) in [6, 6.07) is 6.88. The number of alkyl halides is 6. The van der Waals surface area contributed by atoms with Gasteiger partial charge >= 0.3 is 12.4 Å². The van der Waals surface area contributed by atoms with Crippen LogP contribution in [0, 0.1) is 0 Å². The molecule has 0 unspecified atom stereocenters. The molecule has 0 radical (unpaired) electrons. The van der Waals surface area contributed by atoms with Gasteiger partial charge in [-0.05, 0) is 54.7 Å². The number of carbonyl (C=O) groups is 2. The Morgan fingerprint density at radius 1 is 1.09 bits per heavy atom. The van der Waals surface area contributed by atoms with Crippen molar-refractivity contribution in [2.75, 3.05) is 13.1 Å². The number of rotatable bonds is 6. The number of aromatic nitrogens is 1. The quantitative estimate of drug-likeness (QED) is 0.255. The first-order valence-corrected chi connectivity index (χ1v) is 15.2. The van der Waals surface area contributed by atoms with E-state index in [9.17, 15) is 35.9 Å². The number of hydrogen-bond donors (Lipinski definition) is 0. The van der Waals surface area contributed by atoms with Gasteiger partial charge in [0.15, 0.2) is 0 Å². The zero-order valence-electron chi connectivity index (χ0n) is 23.5. The molecule has 4 heterocycles. The number of fused-ring (bicyclic) bond motifs is 1. The second-order valence-electron chi connectivity index (χ2n) is 10.8. The summed E-state index contributed by atoms with van der Waals surface area (Å²) in [5, 5.41) is 1.61. The van der Waals surface area contributed by atoms with Crippen LogP contribution in [-0.4, -0.2) is 51.3 Å². The third-order valence-electron chi connectivity index (χ3n) is 7.98. The maximum atomic E-state index is 14.6. The summed E-state index contributed by atoms with van der Waals surface area (Å²) in [5.41, 5.74) is -2.14. The second kappa shape index (κ2) is 12.2. The number of pyridine rings is 1. The van der Waals surface area contributed by atoms with Gasteiger partial charge in [0.1, 0.15) is 16.3 Å². The highest BCUT2D eigenvalue weighted by Gasteiger charge is 2.56. The molecule has 2 aromatic heterocycles. The fourth-order valence-corrected chi connectivity index (χ4v) is 6.91. The van der Waals surface area contributed by atoms with Crippen molar-refractivity contribution < 1.29 is 40.7 Å². The first-order valence-electron chi connectivity index (χ1n) is 14.0. The Kier molecular flexibility index (Phi) is 8.92. The van der Waals surface area contributed by atoms with Crippen LogP contribution in [0.1, 0.15) is 64.7 Å². The number of halogens is 7. The smallest absolute Gasteiger partial charge is 0.425 e. The van der Waals surface area contributed by atoms with E-state index >= 15 is 0 Å². The van der Waals surface area contributed by atoms with Gasteiger partial charge in [-0.15, -0.1) is 11.3 Å². The van der Waals surface area contributed by atoms with Gasteiger partial charge in [0.05, 0.1) is 11.6 Å². The van der Waals surface area contributed by atoms with Crippen molar-refractivity contribution in [3.05, 3.63) is 80.3 Å². The van der Waals surface area contributed by atoms with Crippen molar-refractivity contribution in [3.8, 4) is 5.75 Å². The number of likely N-dealkylation sites (tertiary alicyclic amines) is 1. The summed E-state index contributed by atoms with van der Waals surface area (Å²) in [6.07, 6.45) is -7.24. The van der Waals surface area contributed by atoms with Crippen molar-refractivity contribution in [1.29, 1.82) is 0 Å². The van der Waals surface area contributed by atoms with Crippen LogP contribution in [0.5, 0.6) is 5.75 Å². The van der Waals surface area contributed by atoms with Crippen molar-refractivity contribution >= 4 is 34.8 Å². The Hall–Kier alpha value is -3.32. The highest BCUT2D eigenvalue weighted by Crippen LogP contribution is 2.43. The number of nitrogens with zero attached hydrogens (tertiary/aromatic N) is 3. The molecule has 0 spiro atoms. The van der Waals surface area contributed by atoms with Gasteiger partial charge in [0.25, 0.3) is 11.8 Å². The average Bonchev–Trinajstić information content (AvgIpc) is 3.45. The predicted octanol–water partition coefficient (Wildman–Crippen LogP) is 7.64. The van der Waals surface area contributed by atoms with Crippen LogP contribution in [0.2, 0.25) is 5.02 Å². The van der Waals surface area contributed by atoms with Crippen LogP contribution >= 0.6 is 22.9 Å². The molecule has 2 aliphatic rings. The molecule has 0 aliphatic carbocycles. The maximum absolute atomic E-state index is 14.6. The molecule has 0 N–H and O–H groups in total. The van der Waals surface area contributed by atoms with Gasteiger partial charge in [0.2, 0.25) is 5.60 Å². The molecule has 44 heavy (non-hydrogen) atoms. The van der Waals surface area contributed by atoms with E-state index < -0.39 is 51.9 Å². The second-order valence-corrected chi connectivity index (χ2v) is 12.2. The van der Waals surface area contributed by atoms with Crippen molar-refractivity contribution in [2.45, 2.75) is 69.6 Å². The van der Waals surface area contributed by atoms with Gasteiger partial charge in [-0.25, -0.2) is 0 Å². The van der Waals surface area contributed by atoms with Crippen LogP contribution < -0.4 is 4.74 Å². The lowest BCUT2D eigenvalue weighted by atomic mass is 9.79. The highest BCUT2D eigenvalue weighted by molar-refractivity contribution is 7.10. The molecule has 236 valence electrons. The third-order valence-corrected chi connectivity index (χ3v) is 9.17. The molecule has 0 bridgehead atoms. The molecule has 1 saturated heterocycles. The Morgan fingerprint density at radius 2 is 1.86 bits per heavy atom. The molecule has 3 aromatic rings. The Labute approximate surface area is 258 Å². The van der Waals surface area contributed by atoms with Crippen molar-refractivity contribution in [3.63, 3.8) is 0 Å². The lowest BCUT2D eigenvalue weighted by Gasteiger charge is -2.50. The lowest BCUT2D eigenvalue weighted by Crippen LogP contribution is -2.68. The first kappa shape index (κ1) is 32.1. The third kappa shape index (κ3) is 6.26. The van der Waals surface area contributed by atoms with E-state index in [2.05, 4.69) is 4.98 Å². The van der Waals surface area contributed by atoms with E-state index in [1.54, 1.807) is 19.1 Å². The van der Waals surface area contributed by atoms with E-state index in [4.69, 9.17) is 16.3 Å². The van der Waals surface area contributed by atoms with E-state index in [-0.39, 0.29) is 44.6 Å². The summed E-state index contributed by atoms with van der Waals surface area (Å²) in [5.74, 6) is -1.80. The van der Waals surface area contributed by atoms with Crippen LogP contribution in [-0.2, 0) is 30.1 Å². The minimum atomic E-state index is -4.87. The zero-order valence-corrected chi connectivity index (χ0v) is 25.0. The van der Waals surface area contributed by atoms with Crippen LogP contribution in [0.4, 0.5) is 26.3 Å². The van der Waals surface area contributed by atoms with Crippen molar-refractivity contribution in [2.24, 2.45) is 0 Å². The number of piperidine rings is 1. The monoisotopic (exact) mass is 659 g/mol. The maximum Gasteiger partial charge on any atom is 0.425 e. The van der Waals surface area contributed by atoms with E-state index in [0.717, 1.165) is 40.9 Å². The fourth-order valence-electron chi connectivity index (χ4n) is 6.04. The number of amides is 2. The molecule has 14 heteroatoms. The zero-order chi connectivity index (χ0) is 31.9. The number of benzene rings is 1. The molecule has 2 atom stereocenters. The largest absolute Gasteiger partial charge is 0.474 e. The van der Waals surface area contributed by atoms with E-state index in [1.807, 2.05) is 6.07 Å². The summed E-state index contributed by atoms with van der Waals surface area (Å²) in [4.78, 5) is 34.0. The van der Waals surface area contributed by atoms with E-state index in [0.29, 0.717) is 29.2 Å². The van der Waals surface area contributed by atoms with Crippen LogP contribution in [0.15, 0.2) is 48.0 Å². The molecule has 1 aromatic carbocycles. The average molecular weight is 660 g/mol. The molecule has 6 nitrogen and oxygen atoms in total. The van der Waals surface area contributed by atoms with Crippen molar-refractivity contribution in [1.82, 2.24) is 14.8 Å². The van der Waals surface area contributed by atoms with Gasteiger partial charge in [-0.1, -0.05) is 31.0 Å². The summed E-state index contributed by atoms with van der Waals surface area (Å²) in [7, 11) is 0. The molecular formula is C30H28ClF6N3O3S. The number of ether oxygens (including phenoxy) is 1. The predicted molar refractivity (Wildman–Crippen MR) is 151 cm³/mol. The molecule has 1 fully saturated rings. The minimum absolute atomic E-state index is 0.00560. The molecule has 2 aliphatic heterocycles. The van der Waals surface area contributed by atoms with Gasteiger partial charge < -0.3 is 14.5 Å². The van der Waals surface area contributed by atoms with Crippen LogP contribution in [0.25, 0.3) is 0 Å². The SMILES string of the molecule is CCC[C@H]1N(C(=O)c2ncccc2C(F)(F)F)CCC[C@@]1(Oc1csc(C(F)(F)F)c1)C(=O)N1CCc2ccc(Cl)cc2C1. The summed E-state index contributed by atoms with van der Waals surface area (Å²) in [6.45, 7) is 2.19. The van der Waals surface area contributed by atoms with Crippen LogP contribution in [0.3, 0.4) is 0 Å². The summed E-state index contributed by atoms with van der Waals surface area (Å²) < 4.78 is 88.4. The standard InChI is InChI=1S/C30H28ClF6N3O3S/c1-2-5-23-28(43-21-15-24(44-17-21)30(35,36)37,27(42)39-13-9-18-7-8-20(31)14-19(18)16-39)10-4-12-40(23)26(41)25-22(29(32,33)34)6-3-11-38-25/h3,6-8,11,14-15,17,23H,2,4-5,9-10,12-13,16H2,1H3/t23-,28+/m1/s1.